The van der Waals surface area contributed by atoms with Gasteiger partial charge in [-0.15, -0.1) is 0 Å². The van der Waals surface area contributed by atoms with Gasteiger partial charge in [0.2, 0.25) is 5.95 Å². The Hall–Kier alpha value is -1.12. The smallest absolute Gasteiger partial charge is 0.225 e. The first kappa shape index (κ1) is 8.97. The molecule has 0 amide bonds. The van der Waals surface area contributed by atoms with E-state index in [0.717, 1.165) is 12.5 Å². The lowest BCUT2D eigenvalue weighted by Crippen LogP contribution is -2.31. The van der Waals surface area contributed by atoms with Crippen LogP contribution in [0.2, 0.25) is 0 Å². The van der Waals surface area contributed by atoms with Crippen LogP contribution in [0.1, 0.15) is 20.8 Å². The van der Waals surface area contributed by atoms with E-state index in [9.17, 15) is 0 Å². The molecule has 0 aromatic carbocycles. The van der Waals surface area contributed by atoms with Gasteiger partial charge in [0.15, 0.2) is 0 Å². The van der Waals surface area contributed by atoms with Crippen LogP contribution in [0.25, 0.3) is 0 Å². The lowest BCUT2D eigenvalue weighted by Gasteiger charge is -2.24. The van der Waals surface area contributed by atoms with Gasteiger partial charge in [-0.05, 0) is 26.8 Å². The molecule has 1 aromatic heterocycles. The van der Waals surface area contributed by atoms with Crippen molar-refractivity contribution in [2.75, 3.05) is 11.4 Å². The van der Waals surface area contributed by atoms with E-state index >= 15 is 0 Å². The number of rotatable bonds is 3. The van der Waals surface area contributed by atoms with Gasteiger partial charge in [-0.1, -0.05) is 0 Å². The van der Waals surface area contributed by atoms with Crippen LogP contribution in [-0.2, 0) is 0 Å². The first-order valence-corrected chi connectivity index (χ1v) is 4.29. The van der Waals surface area contributed by atoms with Crippen LogP contribution >= 0.6 is 0 Å². The van der Waals surface area contributed by atoms with Crippen molar-refractivity contribution in [2.45, 2.75) is 26.8 Å². The second kappa shape index (κ2) is 4.04. The first-order valence-electron chi connectivity index (χ1n) is 4.29. The van der Waals surface area contributed by atoms with E-state index in [2.05, 4.69) is 35.6 Å². The molecule has 0 aliphatic carbocycles. The van der Waals surface area contributed by atoms with Crippen LogP contribution in [0.15, 0.2) is 18.5 Å². The van der Waals surface area contributed by atoms with Crippen molar-refractivity contribution in [1.82, 2.24) is 9.97 Å². The molecule has 1 aromatic rings. The van der Waals surface area contributed by atoms with Crippen LogP contribution in [-0.4, -0.2) is 22.6 Å². The Morgan fingerprint density at radius 2 is 1.92 bits per heavy atom. The summed E-state index contributed by atoms with van der Waals surface area (Å²) < 4.78 is 0. The number of anilines is 1. The molecule has 0 aliphatic rings. The molecule has 0 spiro atoms. The van der Waals surface area contributed by atoms with Gasteiger partial charge in [0.25, 0.3) is 0 Å². The third-order valence-corrected chi connectivity index (χ3v) is 1.77. The zero-order chi connectivity index (χ0) is 8.97. The van der Waals surface area contributed by atoms with Crippen LogP contribution in [0.5, 0.6) is 0 Å². The van der Waals surface area contributed by atoms with Crippen LogP contribution < -0.4 is 4.90 Å². The monoisotopic (exact) mass is 165 g/mol. The number of aromatic nitrogens is 2. The van der Waals surface area contributed by atoms with E-state index in [4.69, 9.17) is 0 Å². The first-order chi connectivity index (χ1) is 5.75. The van der Waals surface area contributed by atoms with E-state index in [1.807, 2.05) is 6.07 Å². The molecule has 0 bridgehead atoms. The van der Waals surface area contributed by atoms with Crippen molar-refractivity contribution in [1.29, 1.82) is 0 Å². The predicted octanol–water partition coefficient (Wildman–Crippen LogP) is 1.71. The second-order valence-electron chi connectivity index (χ2n) is 2.93. The lowest BCUT2D eigenvalue weighted by atomic mass is 10.3. The molecule has 3 nitrogen and oxygen atoms in total. The van der Waals surface area contributed by atoms with Gasteiger partial charge in [-0.25, -0.2) is 9.97 Å². The standard InChI is InChI=1S/C9H15N3/c1-4-12(8(2)3)9-10-6-5-7-11-9/h5-8H,4H2,1-3H3. The highest BCUT2D eigenvalue weighted by Gasteiger charge is 2.09. The molecular formula is C9H15N3. The molecule has 0 saturated heterocycles. The summed E-state index contributed by atoms with van der Waals surface area (Å²) in [6, 6.07) is 2.29. The highest BCUT2D eigenvalue weighted by Crippen LogP contribution is 2.07. The van der Waals surface area contributed by atoms with Gasteiger partial charge in [0.1, 0.15) is 0 Å². The molecule has 12 heavy (non-hydrogen) atoms. The quantitative estimate of drug-likeness (QED) is 0.682. The normalized spacial score (nSPS) is 10.3. The fourth-order valence-electron chi connectivity index (χ4n) is 1.18. The predicted molar refractivity (Wildman–Crippen MR) is 50.2 cm³/mol. The van der Waals surface area contributed by atoms with E-state index in [1.54, 1.807) is 12.4 Å². The summed E-state index contributed by atoms with van der Waals surface area (Å²) in [6.07, 6.45) is 3.54. The third-order valence-electron chi connectivity index (χ3n) is 1.77. The zero-order valence-corrected chi connectivity index (χ0v) is 7.86. The van der Waals surface area contributed by atoms with Gasteiger partial charge in [0, 0.05) is 25.0 Å². The average molecular weight is 165 g/mol. The van der Waals surface area contributed by atoms with Crippen molar-refractivity contribution < 1.29 is 0 Å². The van der Waals surface area contributed by atoms with Crippen molar-refractivity contribution >= 4 is 5.95 Å². The number of nitrogens with zero attached hydrogens (tertiary/aromatic N) is 3. The molecule has 1 rings (SSSR count). The molecule has 0 fully saturated rings. The maximum atomic E-state index is 4.19. The Bertz CT molecular complexity index is 220. The lowest BCUT2D eigenvalue weighted by molar-refractivity contribution is 0.681. The van der Waals surface area contributed by atoms with Gasteiger partial charge in [0.05, 0.1) is 0 Å². The Kier molecular flexibility index (Phi) is 3.02. The van der Waals surface area contributed by atoms with Gasteiger partial charge in [-0.2, -0.15) is 0 Å². The molecule has 0 aliphatic heterocycles. The van der Waals surface area contributed by atoms with E-state index < -0.39 is 0 Å². The van der Waals surface area contributed by atoms with Crippen molar-refractivity contribution in [3.63, 3.8) is 0 Å². The highest BCUT2D eigenvalue weighted by molar-refractivity contribution is 5.28. The van der Waals surface area contributed by atoms with Crippen molar-refractivity contribution in [3.8, 4) is 0 Å². The fourth-order valence-corrected chi connectivity index (χ4v) is 1.18. The van der Waals surface area contributed by atoms with Crippen molar-refractivity contribution in [3.05, 3.63) is 18.5 Å². The number of hydrogen-bond donors (Lipinski definition) is 0. The Labute approximate surface area is 73.5 Å². The molecule has 0 radical (unpaired) electrons. The topological polar surface area (TPSA) is 29.0 Å². The van der Waals surface area contributed by atoms with E-state index in [1.165, 1.54) is 0 Å². The Balaban J connectivity index is 2.80. The van der Waals surface area contributed by atoms with Crippen molar-refractivity contribution in [2.24, 2.45) is 0 Å². The van der Waals surface area contributed by atoms with Crippen LogP contribution in [0, 0.1) is 0 Å². The summed E-state index contributed by atoms with van der Waals surface area (Å²) >= 11 is 0. The van der Waals surface area contributed by atoms with Gasteiger partial charge >= 0.3 is 0 Å². The SMILES string of the molecule is CCN(c1ncccn1)C(C)C. The second-order valence-corrected chi connectivity index (χ2v) is 2.93. The molecule has 0 atom stereocenters. The van der Waals surface area contributed by atoms with Crippen LogP contribution in [0.4, 0.5) is 5.95 Å². The van der Waals surface area contributed by atoms with Gasteiger partial charge in [-0.3, -0.25) is 0 Å². The molecule has 0 N–H and O–H groups in total. The summed E-state index contributed by atoms with van der Waals surface area (Å²) in [5.41, 5.74) is 0. The van der Waals surface area contributed by atoms with E-state index in [-0.39, 0.29) is 0 Å². The average Bonchev–Trinajstić information content (AvgIpc) is 2.07. The fraction of sp³-hybridized carbons (Fsp3) is 0.556. The Morgan fingerprint density at radius 1 is 1.33 bits per heavy atom. The molecule has 0 saturated carbocycles. The largest absolute Gasteiger partial charge is 0.339 e. The maximum absolute atomic E-state index is 4.19. The molecule has 3 heteroatoms. The third kappa shape index (κ3) is 1.94. The maximum Gasteiger partial charge on any atom is 0.225 e. The molecule has 66 valence electrons. The number of hydrogen-bond acceptors (Lipinski definition) is 3. The minimum absolute atomic E-state index is 0.456. The summed E-state index contributed by atoms with van der Waals surface area (Å²) in [5, 5.41) is 0. The summed E-state index contributed by atoms with van der Waals surface area (Å²) in [4.78, 5) is 10.5. The molecular weight excluding hydrogens is 150 g/mol. The van der Waals surface area contributed by atoms with Gasteiger partial charge < -0.3 is 4.90 Å². The summed E-state index contributed by atoms with van der Waals surface area (Å²) in [7, 11) is 0. The highest BCUT2D eigenvalue weighted by atomic mass is 15.3. The minimum atomic E-state index is 0.456. The summed E-state index contributed by atoms with van der Waals surface area (Å²) in [5.74, 6) is 0.815. The van der Waals surface area contributed by atoms with E-state index in [0.29, 0.717) is 6.04 Å². The molecule has 1 heterocycles. The summed E-state index contributed by atoms with van der Waals surface area (Å²) in [6.45, 7) is 7.33. The minimum Gasteiger partial charge on any atom is -0.339 e. The molecule has 0 unspecified atom stereocenters. The van der Waals surface area contributed by atoms with Crippen LogP contribution in [0.3, 0.4) is 0 Å². The zero-order valence-electron chi connectivity index (χ0n) is 7.86. The Morgan fingerprint density at radius 3 is 2.33 bits per heavy atom.